The van der Waals surface area contributed by atoms with Crippen molar-refractivity contribution in [3.05, 3.63) is 59.7 Å². The molecule has 0 spiro atoms. The molecule has 0 saturated carbocycles. The number of hydrogen-bond donors (Lipinski definition) is 2. The summed E-state index contributed by atoms with van der Waals surface area (Å²) in [6.07, 6.45) is 1.33. The van der Waals surface area contributed by atoms with Gasteiger partial charge in [0.2, 0.25) is 11.7 Å². The molecule has 8 heteroatoms. The second-order valence-corrected chi connectivity index (χ2v) is 11.0. The number of amides is 2. The van der Waals surface area contributed by atoms with Crippen LogP contribution in [0.1, 0.15) is 43.7 Å². The minimum Gasteiger partial charge on any atom is -0.449 e. The fraction of sp³-hybridized carbons (Fsp3) is 0.370. The molecule has 0 unspecified atom stereocenters. The molecule has 1 fully saturated rings. The third-order valence-electron chi connectivity index (χ3n) is 6.47. The summed E-state index contributed by atoms with van der Waals surface area (Å²) in [5.41, 5.74) is 4.48. The molecular formula is C27H29N3O4S. The van der Waals surface area contributed by atoms with Gasteiger partial charge in [0.25, 0.3) is 0 Å². The molecule has 2 aliphatic rings. The number of nitrogens with one attached hydrogen (secondary N) is 2. The number of rotatable bonds is 7. The first kappa shape index (κ1) is 24.7. The highest BCUT2D eigenvalue weighted by Crippen LogP contribution is 2.44. The van der Waals surface area contributed by atoms with Crippen LogP contribution in [0.2, 0.25) is 0 Å². The molecule has 2 N–H and O–H groups in total. The Morgan fingerprint density at radius 3 is 2.11 bits per heavy atom. The van der Waals surface area contributed by atoms with Crippen molar-refractivity contribution in [2.45, 2.75) is 44.7 Å². The molecular weight excluding hydrogens is 462 g/mol. The zero-order valence-electron chi connectivity index (χ0n) is 19.9. The molecule has 0 bridgehead atoms. The monoisotopic (exact) mass is 491 g/mol. The van der Waals surface area contributed by atoms with Crippen LogP contribution in [0.25, 0.3) is 11.1 Å². The lowest BCUT2D eigenvalue weighted by Crippen LogP contribution is -2.50. The predicted molar refractivity (Wildman–Crippen MR) is 137 cm³/mol. The summed E-state index contributed by atoms with van der Waals surface area (Å²) in [6.45, 7) is 3.24. The average Bonchev–Trinajstić information content (AvgIpc) is 3.50. The van der Waals surface area contributed by atoms with Gasteiger partial charge in [-0.2, -0.15) is 15.7 Å². The summed E-state index contributed by atoms with van der Waals surface area (Å²) in [7, 11) is -0.321. The quantitative estimate of drug-likeness (QED) is 0.574. The number of carbonyl (C=O) groups is 3. The molecule has 1 aliphatic carbocycles. The number of hydrogen-bond acceptors (Lipinski definition) is 5. The van der Waals surface area contributed by atoms with Gasteiger partial charge in [0, 0.05) is 5.92 Å². The molecule has 4 rings (SSSR count). The molecule has 1 aliphatic heterocycles. The van der Waals surface area contributed by atoms with Crippen LogP contribution in [0, 0.1) is 11.3 Å². The van der Waals surface area contributed by atoms with E-state index in [1.807, 2.05) is 36.4 Å². The van der Waals surface area contributed by atoms with Gasteiger partial charge >= 0.3 is 6.09 Å². The molecule has 1 saturated heterocycles. The van der Waals surface area contributed by atoms with Gasteiger partial charge in [-0.3, -0.25) is 9.59 Å². The van der Waals surface area contributed by atoms with Crippen molar-refractivity contribution in [1.29, 1.82) is 5.26 Å². The topological polar surface area (TPSA) is 108 Å². The zero-order chi connectivity index (χ0) is 24.9. The molecule has 7 nitrogen and oxygen atoms in total. The van der Waals surface area contributed by atoms with E-state index in [-0.39, 0.29) is 33.7 Å². The van der Waals surface area contributed by atoms with E-state index in [0.29, 0.717) is 0 Å². The molecule has 0 aromatic heterocycles. The van der Waals surface area contributed by atoms with Crippen molar-refractivity contribution in [1.82, 2.24) is 10.6 Å². The molecule has 2 atom stereocenters. The van der Waals surface area contributed by atoms with Gasteiger partial charge < -0.3 is 15.4 Å². The number of ketones is 1. The summed E-state index contributed by atoms with van der Waals surface area (Å²) in [5, 5.41) is 14.6. The van der Waals surface area contributed by atoms with Gasteiger partial charge in [0.1, 0.15) is 23.6 Å². The summed E-state index contributed by atoms with van der Waals surface area (Å²) in [5.74, 6) is 0.779. The molecule has 2 aromatic carbocycles. The average molecular weight is 492 g/mol. The largest absolute Gasteiger partial charge is 0.449 e. The smallest absolute Gasteiger partial charge is 0.407 e. The van der Waals surface area contributed by atoms with Crippen molar-refractivity contribution in [2.24, 2.45) is 0 Å². The molecule has 182 valence electrons. The second-order valence-electron chi connectivity index (χ2n) is 8.84. The first-order valence-corrected chi connectivity index (χ1v) is 13.4. The highest BCUT2D eigenvalue weighted by Gasteiger charge is 2.30. The van der Waals surface area contributed by atoms with Crippen LogP contribution >= 0.6 is 10.5 Å². The predicted octanol–water partition coefficient (Wildman–Crippen LogP) is 3.75. The number of benzene rings is 2. The first-order valence-electron chi connectivity index (χ1n) is 11.8. The standard InChI is InChI=1S/C27H29N3O4S/c1-17(25(31)24(15-28)35-13-7-8-14-35)29-26(32)18(2)30-27(33)34-16-23-21-11-5-3-9-19(21)20-10-4-6-12-22(20)23/h3-6,9-12,17-18,23H,7-8,13-14,16H2,1-2H3,(H,29,32)(H,30,33)/t17-,18-/m0/s1. The van der Waals surface area contributed by atoms with E-state index in [0.717, 1.165) is 46.6 Å². The Kier molecular flexibility index (Phi) is 7.67. The number of ether oxygens (including phenoxy) is 1. The summed E-state index contributed by atoms with van der Waals surface area (Å²) in [4.78, 5) is 38.0. The van der Waals surface area contributed by atoms with Gasteiger partial charge in [0.05, 0.1) is 6.04 Å². The maximum absolute atomic E-state index is 12.7. The Balaban J connectivity index is 1.32. The van der Waals surface area contributed by atoms with E-state index in [1.54, 1.807) is 6.92 Å². The van der Waals surface area contributed by atoms with Gasteiger partial charge in [-0.1, -0.05) is 48.5 Å². The van der Waals surface area contributed by atoms with Crippen LogP contribution in [0.4, 0.5) is 4.79 Å². The van der Waals surface area contributed by atoms with Crippen LogP contribution in [-0.2, 0) is 14.3 Å². The molecule has 0 radical (unpaired) electrons. The number of Topliss-reactive ketones (excluding diaryl/α,β-unsaturated/α-hetero) is 1. The maximum Gasteiger partial charge on any atom is 0.407 e. The number of nitrogens with zero attached hydrogens (tertiary/aromatic N) is 1. The number of fused-ring (bicyclic) bond motifs is 3. The van der Waals surface area contributed by atoms with Crippen LogP contribution in [0.3, 0.4) is 0 Å². The minimum absolute atomic E-state index is 0.0775. The Morgan fingerprint density at radius 1 is 0.971 bits per heavy atom. The van der Waals surface area contributed by atoms with Gasteiger partial charge in [-0.25, -0.2) is 4.79 Å². The lowest BCUT2D eigenvalue weighted by atomic mass is 9.98. The number of alkyl carbamates (subject to hydrolysis) is 1. The molecule has 2 aromatic rings. The zero-order valence-corrected chi connectivity index (χ0v) is 20.7. The van der Waals surface area contributed by atoms with E-state index in [2.05, 4.69) is 28.8 Å². The van der Waals surface area contributed by atoms with E-state index in [9.17, 15) is 19.6 Å². The third kappa shape index (κ3) is 5.30. The second kappa shape index (κ2) is 10.9. The summed E-state index contributed by atoms with van der Waals surface area (Å²) >= 11 is 0. The Labute approximate surface area is 207 Å². The van der Waals surface area contributed by atoms with Crippen LogP contribution in [-0.4, -0.2) is 52.8 Å². The number of carbonyl (C=O) groups excluding carboxylic acids is 3. The van der Waals surface area contributed by atoms with E-state index in [4.69, 9.17) is 4.74 Å². The summed E-state index contributed by atoms with van der Waals surface area (Å²) < 4.78 is 5.49. The summed E-state index contributed by atoms with van der Waals surface area (Å²) in [6, 6.07) is 16.4. The molecule has 1 heterocycles. The highest BCUT2D eigenvalue weighted by molar-refractivity contribution is 8.17. The first-order chi connectivity index (χ1) is 16.9. The molecule has 35 heavy (non-hydrogen) atoms. The Morgan fingerprint density at radius 2 is 1.54 bits per heavy atom. The van der Waals surface area contributed by atoms with Gasteiger partial charge in [-0.05, 0) is 60.4 Å². The highest BCUT2D eigenvalue weighted by atomic mass is 32.2. The lowest BCUT2D eigenvalue weighted by Gasteiger charge is -2.19. The Bertz CT molecular complexity index is 1180. The molecule has 2 amide bonds. The van der Waals surface area contributed by atoms with Crippen molar-refractivity contribution >= 4 is 33.1 Å². The fourth-order valence-corrected chi connectivity index (χ4v) is 6.91. The van der Waals surface area contributed by atoms with Crippen LogP contribution in [0.15, 0.2) is 48.5 Å². The SMILES string of the molecule is C[C@H](NC(=O)OCC1c2ccccc2-c2ccccc21)C(=O)N[C@@H](C)C(=O)C(C#N)=S1CCCC1. The van der Waals surface area contributed by atoms with Crippen LogP contribution < -0.4 is 10.6 Å². The fourth-order valence-electron chi connectivity index (χ4n) is 4.60. The van der Waals surface area contributed by atoms with Gasteiger partial charge in [0.15, 0.2) is 0 Å². The normalized spacial score (nSPS) is 16.4. The third-order valence-corrected chi connectivity index (χ3v) is 8.90. The van der Waals surface area contributed by atoms with Crippen molar-refractivity contribution in [3.8, 4) is 17.2 Å². The minimum atomic E-state index is -0.902. The van der Waals surface area contributed by atoms with E-state index in [1.165, 1.54) is 6.92 Å². The van der Waals surface area contributed by atoms with Gasteiger partial charge in [-0.15, -0.1) is 0 Å². The van der Waals surface area contributed by atoms with E-state index >= 15 is 0 Å². The maximum atomic E-state index is 12.7. The van der Waals surface area contributed by atoms with E-state index < -0.39 is 24.1 Å². The van der Waals surface area contributed by atoms with Crippen molar-refractivity contribution < 1.29 is 19.1 Å². The Hall–Kier alpha value is -3.44. The number of nitriles is 1. The van der Waals surface area contributed by atoms with Crippen molar-refractivity contribution in [2.75, 3.05) is 18.1 Å². The lowest BCUT2D eigenvalue weighted by molar-refractivity contribution is -0.126. The van der Waals surface area contributed by atoms with Crippen LogP contribution in [0.5, 0.6) is 0 Å². The van der Waals surface area contributed by atoms with Crippen molar-refractivity contribution in [3.63, 3.8) is 0 Å².